The van der Waals surface area contributed by atoms with E-state index in [4.69, 9.17) is 5.26 Å². The van der Waals surface area contributed by atoms with Gasteiger partial charge >= 0.3 is 125 Å². The van der Waals surface area contributed by atoms with Crippen LogP contribution in [0, 0.1) is 0 Å². The number of piperidine rings is 1. The molecule has 4 N–H and O–H groups in total. The molecule has 8 heteroatoms. The second-order valence-electron chi connectivity index (χ2n) is 6.60. The van der Waals surface area contributed by atoms with Gasteiger partial charge in [-0.15, -0.1) is 0 Å². The molecule has 1 amide bonds. The molecule has 7 nitrogen and oxygen atoms in total. The zero-order valence-corrected chi connectivity index (χ0v) is 17.3. The van der Waals surface area contributed by atoms with E-state index in [1.54, 1.807) is 6.08 Å². The zero-order valence-electron chi connectivity index (χ0n) is 15.4. The molecule has 1 aliphatic carbocycles. The van der Waals surface area contributed by atoms with E-state index in [0.717, 1.165) is 5.56 Å². The van der Waals surface area contributed by atoms with Crippen LogP contribution in [0.4, 0.5) is 0 Å². The number of amides is 1. The summed E-state index contributed by atoms with van der Waals surface area (Å²) in [5, 5.41) is 14.7. The van der Waals surface area contributed by atoms with Crippen molar-refractivity contribution in [2.45, 2.75) is 38.1 Å². The van der Waals surface area contributed by atoms with Crippen molar-refractivity contribution in [2.75, 3.05) is 13.1 Å². The summed E-state index contributed by atoms with van der Waals surface area (Å²) < 4.78 is 24.9. The van der Waals surface area contributed by atoms with E-state index in [9.17, 15) is 12.6 Å². The van der Waals surface area contributed by atoms with Crippen LogP contribution in [0.25, 0.3) is 0 Å². The third-order valence-electron chi connectivity index (χ3n) is 4.50. The molecule has 0 radical (unpaired) electrons. The van der Waals surface area contributed by atoms with Gasteiger partial charge in [-0.25, -0.2) is 0 Å². The van der Waals surface area contributed by atoms with Crippen molar-refractivity contribution in [1.82, 2.24) is 10.6 Å². The normalized spacial score (nSPS) is 24.0. The Morgan fingerprint density at radius 1 is 1.22 bits per heavy atom. The molecule has 148 valence electrons. The first-order valence-electron chi connectivity index (χ1n) is 9.00. The van der Waals surface area contributed by atoms with E-state index in [1.165, 1.54) is 51.4 Å². The van der Waals surface area contributed by atoms with Crippen molar-refractivity contribution in [3.05, 3.63) is 58.5 Å². The second kappa shape index (κ2) is 10.1. The van der Waals surface area contributed by atoms with Crippen LogP contribution in [-0.4, -0.2) is 42.5 Å². The molecule has 1 aromatic carbocycles. The number of hydrogen-bond donors (Lipinski definition) is 4. The molecule has 0 aromatic heterocycles. The van der Waals surface area contributed by atoms with E-state index >= 15 is 0 Å². The third kappa shape index (κ3) is 6.19. The molecule has 2 atom stereocenters. The fourth-order valence-corrected chi connectivity index (χ4v) is 4.54. The van der Waals surface area contributed by atoms with Crippen molar-refractivity contribution < 1.29 is 21.8 Å². The van der Waals surface area contributed by atoms with Crippen molar-refractivity contribution in [3.63, 3.8) is 0 Å². The second-order valence-corrected chi connectivity index (χ2v) is 10.2. The van der Waals surface area contributed by atoms with Gasteiger partial charge in [0, 0.05) is 0 Å². The molecule has 1 saturated heterocycles. The van der Waals surface area contributed by atoms with Gasteiger partial charge in [-0.05, 0) is 25.9 Å². The number of benzene rings is 1. The molecule has 1 heterocycles. The Bertz CT molecular complexity index is 719. The fraction of sp³-hybridized carbons (Fsp3) is 0.421. The first-order chi connectivity index (χ1) is 12.9. The van der Waals surface area contributed by atoms with E-state index in [2.05, 4.69) is 14.5 Å². The summed E-state index contributed by atoms with van der Waals surface area (Å²) in [6.07, 6.45) is 9.05. The predicted octanol–water partition coefficient (Wildman–Crippen LogP) is 2.05. The van der Waals surface area contributed by atoms with E-state index in [1.807, 2.05) is 30.3 Å². The van der Waals surface area contributed by atoms with Gasteiger partial charge in [0.1, 0.15) is 0 Å². The Morgan fingerprint density at radius 2 is 1.89 bits per heavy atom. The molecule has 1 aliphatic heterocycles. The van der Waals surface area contributed by atoms with Crippen molar-refractivity contribution >= 4 is 20.1 Å². The molecule has 0 spiro atoms. The number of hydrogen-bond acceptors (Lipinski definition) is 5. The van der Waals surface area contributed by atoms with Crippen molar-refractivity contribution in [2.24, 2.45) is 0 Å². The van der Waals surface area contributed by atoms with Gasteiger partial charge in [0.2, 0.25) is 0 Å². The summed E-state index contributed by atoms with van der Waals surface area (Å²) in [6.45, 7) is 3.91. The van der Waals surface area contributed by atoms with Crippen LogP contribution in [-0.2, 0) is 17.9 Å². The van der Waals surface area contributed by atoms with Crippen LogP contribution in [0.1, 0.15) is 38.2 Å². The molecule has 27 heavy (non-hydrogen) atoms. The fourth-order valence-electron chi connectivity index (χ4n) is 3.12. The zero-order chi connectivity index (χ0) is 19.8. The standard InChI is InChI=1S/C14H16AsNO5.C5H11N/c1-11(17)16-14(12-5-3-2-4-6-12)9-7-13(8-10-14)15(18,19)21-20;1-2-4-6-5-3-1/h2-9,20H,10H2,1H3,(H,16,17)(H,18,19);6H,1-5H2. The molecule has 0 bridgehead atoms. The van der Waals surface area contributed by atoms with Crippen LogP contribution in [0.3, 0.4) is 0 Å². The molecule has 1 aromatic rings. The Kier molecular flexibility index (Phi) is 8.07. The van der Waals surface area contributed by atoms with E-state index in [-0.39, 0.29) is 16.7 Å². The van der Waals surface area contributed by atoms with E-state index in [0.29, 0.717) is 0 Å². The molecule has 2 unspecified atom stereocenters. The number of carbonyl (C=O) groups is 1. The Morgan fingerprint density at radius 3 is 2.30 bits per heavy atom. The quantitative estimate of drug-likeness (QED) is 0.326. The summed E-state index contributed by atoms with van der Waals surface area (Å²) >= 11 is -4.87. The maximum atomic E-state index is 11.6. The molecule has 2 aliphatic rings. The number of rotatable bonds is 4. The van der Waals surface area contributed by atoms with Gasteiger partial charge in [0.05, 0.1) is 0 Å². The molecule has 0 saturated carbocycles. The first kappa shape index (κ1) is 21.7. The Labute approximate surface area is 162 Å². The van der Waals surface area contributed by atoms with Crippen LogP contribution < -0.4 is 10.6 Å². The van der Waals surface area contributed by atoms with Crippen LogP contribution in [0.15, 0.2) is 52.9 Å². The minimum atomic E-state index is -4.87. The number of allylic oxidation sites excluding steroid dienone is 2. The van der Waals surface area contributed by atoms with Crippen LogP contribution >= 0.6 is 0 Å². The number of nitrogens with one attached hydrogen (secondary N) is 2. The molecule has 1 fully saturated rings. The molecular weight excluding hydrogens is 411 g/mol. The predicted molar refractivity (Wildman–Crippen MR) is 103 cm³/mol. The Balaban J connectivity index is 0.000000369. The van der Waals surface area contributed by atoms with Gasteiger partial charge in [-0.3, -0.25) is 0 Å². The first-order valence-corrected chi connectivity index (χ1v) is 12.3. The SMILES string of the molecule is C1CCNCC1.CC(=O)NC1(c2ccccc2)C=CC([As](=O)(O)OO)=CC1. The monoisotopic (exact) mass is 438 g/mol. The average Bonchev–Trinajstić information content (AvgIpc) is 2.70. The summed E-state index contributed by atoms with van der Waals surface area (Å²) in [6, 6.07) is 9.30. The van der Waals surface area contributed by atoms with Crippen molar-refractivity contribution in [1.29, 1.82) is 0 Å². The van der Waals surface area contributed by atoms with Gasteiger partial charge < -0.3 is 5.32 Å². The van der Waals surface area contributed by atoms with Crippen LogP contribution in [0.5, 0.6) is 0 Å². The van der Waals surface area contributed by atoms with Gasteiger partial charge in [0.25, 0.3) is 0 Å². The summed E-state index contributed by atoms with van der Waals surface area (Å²) in [5.74, 6) is -0.212. The maximum absolute atomic E-state index is 11.6. The summed E-state index contributed by atoms with van der Waals surface area (Å²) in [4.78, 5) is 11.5. The average molecular weight is 438 g/mol. The molecule has 3 rings (SSSR count). The molecular formula is C19H27AsN2O5. The van der Waals surface area contributed by atoms with Gasteiger partial charge in [-0.1, -0.05) is 6.42 Å². The minimum absolute atomic E-state index is 0.0486. The Hall–Kier alpha value is -1.63. The third-order valence-corrected chi connectivity index (χ3v) is 7.03. The van der Waals surface area contributed by atoms with Gasteiger partial charge in [0.15, 0.2) is 0 Å². The summed E-state index contributed by atoms with van der Waals surface area (Å²) in [5.41, 5.74) is 0.0821. The number of carbonyl (C=O) groups excluding carboxylic acids is 1. The van der Waals surface area contributed by atoms with Crippen LogP contribution in [0.2, 0.25) is 0 Å². The van der Waals surface area contributed by atoms with Crippen molar-refractivity contribution in [3.8, 4) is 0 Å². The topological polar surface area (TPSA) is 108 Å². The summed E-state index contributed by atoms with van der Waals surface area (Å²) in [7, 11) is 0. The van der Waals surface area contributed by atoms with E-state index < -0.39 is 19.7 Å². The van der Waals surface area contributed by atoms with Gasteiger partial charge in [-0.2, -0.15) is 0 Å².